The van der Waals surface area contributed by atoms with Gasteiger partial charge in [0.15, 0.2) is 0 Å². The maximum absolute atomic E-state index is 14.0. The van der Waals surface area contributed by atoms with Crippen molar-refractivity contribution in [2.75, 3.05) is 0 Å². The van der Waals surface area contributed by atoms with Gasteiger partial charge < -0.3 is 4.74 Å². The zero-order chi connectivity index (χ0) is 20.9. The molecule has 0 N–H and O–H groups in total. The Balaban J connectivity index is 1.56. The molecular formula is C26H17BrFNO. The summed E-state index contributed by atoms with van der Waals surface area (Å²) in [4.78, 5) is 0. The highest BCUT2D eigenvalue weighted by molar-refractivity contribution is 9.10. The summed E-state index contributed by atoms with van der Waals surface area (Å²) in [5, 5.41) is 11.8. The van der Waals surface area contributed by atoms with Crippen LogP contribution in [-0.2, 0) is 6.61 Å². The number of nitriles is 1. The van der Waals surface area contributed by atoms with Crippen LogP contribution in [0.4, 0.5) is 4.39 Å². The van der Waals surface area contributed by atoms with Crippen molar-refractivity contribution < 1.29 is 9.13 Å². The number of hydrogen-bond acceptors (Lipinski definition) is 2. The Morgan fingerprint density at radius 2 is 1.73 bits per heavy atom. The topological polar surface area (TPSA) is 33.0 Å². The van der Waals surface area contributed by atoms with Gasteiger partial charge in [0.1, 0.15) is 18.2 Å². The van der Waals surface area contributed by atoms with E-state index in [-0.39, 0.29) is 11.1 Å². The number of ether oxygens (including phenoxy) is 1. The minimum Gasteiger partial charge on any atom is -0.488 e. The van der Waals surface area contributed by atoms with Crippen LogP contribution in [0.5, 0.6) is 5.75 Å². The summed E-state index contributed by atoms with van der Waals surface area (Å²) in [5.41, 5.74) is 2.44. The Labute approximate surface area is 183 Å². The summed E-state index contributed by atoms with van der Waals surface area (Å²) in [6.45, 7) is 0.438. The van der Waals surface area contributed by atoms with E-state index in [1.165, 1.54) is 16.8 Å². The second-order valence-electron chi connectivity index (χ2n) is 6.77. The maximum atomic E-state index is 14.0. The molecule has 0 unspecified atom stereocenters. The molecule has 4 rings (SSSR count). The summed E-state index contributed by atoms with van der Waals surface area (Å²) in [7, 11) is 0. The first-order valence-electron chi connectivity index (χ1n) is 9.41. The summed E-state index contributed by atoms with van der Waals surface area (Å²) < 4.78 is 20.8. The zero-order valence-corrected chi connectivity index (χ0v) is 17.6. The lowest BCUT2D eigenvalue weighted by molar-refractivity contribution is 0.305. The first-order chi connectivity index (χ1) is 14.7. The van der Waals surface area contributed by atoms with Gasteiger partial charge in [-0.1, -0.05) is 66.7 Å². The lowest BCUT2D eigenvalue weighted by atomic mass is 10.0. The van der Waals surface area contributed by atoms with Crippen LogP contribution in [0.15, 0.2) is 89.4 Å². The van der Waals surface area contributed by atoms with Crippen molar-refractivity contribution in [3.8, 4) is 11.8 Å². The van der Waals surface area contributed by atoms with Crippen molar-refractivity contribution in [2.45, 2.75) is 6.61 Å². The number of hydrogen-bond donors (Lipinski definition) is 0. The number of benzene rings is 4. The Morgan fingerprint density at radius 1 is 0.967 bits per heavy atom. The molecule has 0 atom stereocenters. The van der Waals surface area contributed by atoms with Gasteiger partial charge in [0.05, 0.1) is 16.1 Å². The molecule has 4 heteroatoms. The lowest BCUT2D eigenvalue weighted by Crippen LogP contribution is -1.97. The maximum Gasteiger partial charge on any atom is 0.134 e. The van der Waals surface area contributed by atoms with Crippen molar-refractivity contribution in [1.29, 1.82) is 5.26 Å². The molecule has 4 aromatic carbocycles. The second-order valence-corrected chi connectivity index (χ2v) is 7.62. The Bertz CT molecular complexity index is 1280. The smallest absolute Gasteiger partial charge is 0.134 e. The van der Waals surface area contributed by atoms with Crippen molar-refractivity contribution in [2.24, 2.45) is 0 Å². The molecule has 0 saturated carbocycles. The van der Waals surface area contributed by atoms with Crippen LogP contribution < -0.4 is 4.74 Å². The highest BCUT2D eigenvalue weighted by Crippen LogP contribution is 2.30. The number of fused-ring (bicyclic) bond motifs is 1. The van der Waals surface area contributed by atoms with E-state index in [0.29, 0.717) is 12.4 Å². The zero-order valence-electron chi connectivity index (χ0n) is 16.0. The van der Waals surface area contributed by atoms with Gasteiger partial charge >= 0.3 is 0 Å². The molecule has 2 nitrogen and oxygen atoms in total. The number of halogens is 2. The minimum atomic E-state index is -0.417. The van der Waals surface area contributed by atoms with Crippen molar-refractivity contribution in [3.63, 3.8) is 0 Å². The highest BCUT2D eigenvalue weighted by atomic mass is 79.9. The molecule has 0 radical (unpaired) electrons. The van der Waals surface area contributed by atoms with Crippen LogP contribution in [0.2, 0.25) is 0 Å². The molecule has 0 aromatic heterocycles. The van der Waals surface area contributed by atoms with Crippen LogP contribution in [0.1, 0.15) is 16.7 Å². The van der Waals surface area contributed by atoms with E-state index in [1.807, 2.05) is 36.4 Å². The average molecular weight is 458 g/mol. The normalized spacial score (nSPS) is 11.3. The lowest BCUT2D eigenvalue weighted by Gasteiger charge is -2.11. The van der Waals surface area contributed by atoms with Crippen molar-refractivity contribution in [3.05, 3.63) is 112 Å². The van der Waals surface area contributed by atoms with Crippen LogP contribution in [0, 0.1) is 17.1 Å². The largest absolute Gasteiger partial charge is 0.488 e. The van der Waals surface area contributed by atoms with Crippen molar-refractivity contribution in [1.82, 2.24) is 0 Å². The fourth-order valence-corrected chi connectivity index (χ4v) is 3.83. The molecular weight excluding hydrogens is 441 g/mol. The third kappa shape index (κ3) is 4.27. The Hall–Kier alpha value is -3.42. The fourth-order valence-electron chi connectivity index (χ4n) is 3.31. The van der Waals surface area contributed by atoms with Crippen LogP contribution >= 0.6 is 15.9 Å². The highest BCUT2D eigenvalue weighted by Gasteiger charge is 2.09. The predicted molar refractivity (Wildman–Crippen MR) is 122 cm³/mol. The predicted octanol–water partition coefficient (Wildman–Crippen LogP) is 7.38. The number of allylic oxidation sites excluding steroid dienone is 1. The van der Waals surface area contributed by atoms with Gasteiger partial charge in [-0.3, -0.25) is 0 Å². The molecule has 0 heterocycles. The number of rotatable bonds is 5. The van der Waals surface area contributed by atoms with E-state index in [2.05, 4.69) is 46.3 Å². The molecule has 0 spiro atoms. The van der Waals surface area contributed by atoms with Gasteiger partial charge in [-0.05, 0) is 62.1 Å². The van der Waals surface area contributed by atoms with E-state index in [4.69, 9.17) is 4.74 Å². The van der Waals surface area contributed by atoms with Gasteiger partial charge in [-0.25, -0.2) is 4.39 Å². The second kappa shape index (κ2) is 8.94. The van der Waals surface area contributed by atoms with Crippen LogP contribution in [0.25, 0.3) is 22.4 Å². The summed E-state index contributed by atoms with van der Waals surface area (Å²) in [5.74, 6) is 0.281. The minimum absolute atomic E-state index is 0.268. The molecule has 0 saturated heterocycles. The quantitative estimate of drug-likeness (QED) is 0.231. The van der Waals surface area contributed by atoms with Crippen LogP contribution in [-0.4, -0.2) is 0 Å². The first kappa shape index (κ1) is 19.9. The summed E-state index contributed by atoms with van der Waals surface area (Å²) in [6.07, 6.45) is 1.66. The molecule has 0 aliphatic heterocycles. The number of nitrogens with zero attached hydrogens (tertiary/aromatic N) is 1. The Morgan fingerprint density at radius 3 is 2.53 bits per heavy atom. The molecule has 4 aromatic rings. The van der Waals surface area contributed by atoms with Gasteiger partial charge in [0.25, 0.3) is 0 Å². The van der Waals surface area contributed by atoms with Crippen molar-refractivity contribution >= 4 is 38.4 Å². The van der Waals surface area contributed by atoms with Gasteiger partial charge in [0, 0.05) is 5.56 Å². The molecule has 0 aliphatic carbocycles. The van der Waals surface area contributed by atoms with Gasteiger partial charge in [0.2, 0.25) is 0 Å². The average Bonchev–Trinajstić information content (AvgIpc) is 2.77. The monoisotopic (exact) mass is 457 g/mol. The van der Waals surface area contributed by atoms with Crippen LogP contribution in [0.3, 0.4) is 0 Å². The van der Waals surface area contributed by atoms with Gasteiger partial charge in [-0.2, -0.15) is 5.26 Å². The molecule has 0 aliphatic rings. The third-order valence-corrected chi connectivity index (χ3v) is 5.43. The molecule has 0 amide bonds. The van der Waals surface area contributed by atoms with E-state index in [0.717, 1.165) is 15.6 Å². The van der Waals surface area contributed by atoms with E-state index < -0.39 is 5.82 Å². The third-order valence-electron chi connectivity index (χ3n) is 4.81. The van der Waals surface area contributed by atoms with E-state index in [1.54, 1.807) is 24.3 Å². The van der Waals surface area contributed by atoms with Gasteiger partial charge in [-0.15, -0.1) is 0 Å². The summed E-state index contributed by atoms with van der Waals surface area (Å²) >= 11 is 3.54. The molecule has 30 heavy (non-hydrogen) atoms. The molecule has 0 bridgehead atoms. The molecule has 146 valence electrons. The first-order valence-corrected chi connectivity index (χ1v) is 10.2. The standard InChI is InChI=1S/C26H17BrFNO/c27-24-15-18(14-21(16-29)23-10-3-4-11-25(23)28)12-13-26(24)30-17-20-8-5-7-19-6-1-2-9-22(19)20/h1-15H,17H2. The SMILES string of the molecule is N#CC(=Cc1ccc(OCc2cccc3ccccc23)c(Br)c1)c1ccccc1F. The van der Waals surface area contributed by atoms with E-state index >= 15 is 0 Å². The fraction of sp³-hybridized carbons (Fsp3) is 0.0385. The molecule has 0 fully saturated rings. The Kier molecular flexibility index (Phi) is 5.92. The summed E-state index contributed by atoms with van der Waals surface area (Å²) in [6, 6.07) is 28.3. The van der Waals surface area contributed by atoms with E-state index in [9.17, 15) is 9.65 Å².